The third-order valence-corrected chi connectivity index (χ3v) is 7.20. The summed E-state index contributed by atoms with van der Waals surface area (Å²) < 4.78 is 28.1. The molecule has 0 aliphatic carbocycles. The maximum absolute atomic E-state index is 12.9. The summed E-state index contributed by atoms with van der Waals surface area (Å²) in [4.78, 5) is 24.7. The lowest BCUT2D eigenvalue weighted by molar-refractivity contribution is 0.101. The van der Waals surface area contributed by atoms with Gasteiger partial charge >= 0.3 is 0 Å². The molecule has 0 spiro atoms. The zero-order valence-corrected chi connectivity index (χ0v) is 17.7. The predicted octanol–water partition coefficient (Wildman–Crippen LogP) is 2.94. The Morgan fingerprint density at radius 2 is 1.68 bits per heavy atom. The molecule has 28 heavy (non-hydrogen) atoms. The summed E-state index contributed by atoms with van der Waals surface area (Å²) in [7, 11) is -3.84. The minimum Gasteiger partial charge on any atom is -0.267 e. The maximum atomic E-state index is 12.9. The molecule has 1 aliphatic heterocycles. The van der Waals surface area contributed by atoms with Crippen LogP contribution < -0.4 is 11.0 Å². The topological polar surface area (TPSA) is 88.5 Å². The lowest BCUT2D eigenvalue weighted by atomic mass is 10.2. The Morgan fingerprint density at radius 1 is 1.04 bits per heavy atom. The van der Waals surface area contributed by atoms with Crippen LogP contribution in [0.15, 0.2) is 34.0 Å². The van der Waals surface area contributed by atoms with E-state index in [1.165, 1.54) is 16.4 Å². The second-order valence-electron chi connectivity index (χ2n) is 6.66. The van der Waals surface area contributed by atoms with Gasteiger partial charge in [-0.1, -0.05) is 23.2 Å². The number of benzene rings is 1. The van der Waals surface area contributed by atoms with Crippen molar-refractivity contribution in [2.24, 2.45) is 0 Å². The van der Waals surface area contributed by atoms with Crippen molar-refractivity contribution in [1.82, 2.24) is 8.98 Å². The largest absolute Gasteiger partial charge is 0.271 e. The highest BCUT2D eigenvalue weighted by atomic mass is 35.5. The minimum absolute atomic E-state index is 0.0133. The molecule has 3 rings (SSSR count). The van der Waals surface area contributed by atoms with Gasteiger partial charge in [-0.3, -0.25) is 15.0 Å². The monoisotopic (exact) mass is 443 g/mol. The van der Waals surface area contributed by atoms with Crippen molar-refractivity contribution in [2.75, 3.05) is 18.5 Å². The molecule has 2 heterocycles. The molecule has 1 amide bonds. The first-order valence-corrected chi connectivity index (χ1v) is 10.8. The van der Waals surface area contributed by atoms with Crippen LogP contribution in [-0.2, 0) is 10.0 Å². The lowest BCUT2D eigenvalue weighted by Crippen LogP contribution is -2.34. The third-order valence-electron chi connectivity index (χ3n) is 4.52. The quantitative estimate of drug-likeness (QED) is 0.786. The van der Waals surface area contributed by atoms with Crippen LogP contribution in [-0.4, -0.2) is 36.4 Å². The molecule has 0 bridgehead atoms. The summed E-state index contributed by atoms with van der Waals surface area (Å²) in [6.45, 7) is 4.25. The Labute approximate surface area is 172 Å². The number of nitrogens with one attached hydrogen (secondary N) is 1. The van der Waals surface area contributed by atoms with Crippen molar-refractivity contribution in [3.05, 3.63) is 61.5 Å². The van der Waals surface area contributed by atoms with Crippen LogP contribution >= 0.6 is 23.2 Å². The maximum Gasteiger partial charge on any atom is 0.271 e. The van der Waals surface area contributed by atoms with E-state index >= 15 is 0 Å². The van der Waals surface area contributed by atoms with Crippen molar-refractivity contribution in [3.63, 3.8) is 0 Å². The predicted molar refractivity (Wildman–Crippen MR) is 108 cm³/mol. The second-order valence-corrected chi connectivity index (χ2v) is 9.38. The second kappa shape index (κ2) is 7.87. The summed E-state index contributed by atoms with van der Waals surface area (Å²) in [6.07, 6.45) is 1.54. The summed E-state index contributed by atoms with van der Waals surface area (Å²) >= 11 is 12.3. The van der Waals surface area contributed by atoms with E-state index in [4.69, 9.17) is 23.2 Å². The van der Waals surface area contributed by atoms with E-state index in [-0.39, 0.29) is 20.5 Å². The summed E-state index contributed by atoms with van der Waals surface area (Å²) in [6, 6.07) is 5.49. The average Bonchev–Trinajstić information content (AvgIpc) is 3.13. The number of rotatable bonds is 4. The molecule has 1 fully saturated rings. The van der Waals surface area contributed by atoms with Gasteiger partial charge in [-0.25, -0.2) is 13.1 Å². The zero-order chi connectivity index (χ0) is 20.6. The number of hydrogen-bond acceptors (Lipinski definition) is 4. The Balaban J connectivity index is 2.01. The van der Waals surface area contributed by atoms with Crippen LogP contribution in [0.25, 0.3) is 0 Å². The third kappa shape index (κ3) is 3.96. The van der Waals surface area contributed by atoms with Crippen molar-refractivity contribution >= 4 is 39.1 Å². The number of halogens is 2. The summed E-state index contributed by atoms with van der Waals surface area (Å²) in [5.41, 5.74) is 3.24. The molecule has 7 nitrogen and oxygen atoms in total. The van der Waals surface area contributed by atoms with Crippen molar-refractivity contribution in [2.45, 2.75) is 31.6 Å². The van der Waals surface area contributed by atoms with Gasteiger partial charge in [0.1, 0.15) is 4.90 Å². The molecule has 0 atom stereocenters. The highest BCUT2D eigenvalue weighted by molar-refractivity contribution is 7.89. The van der Waals surface area contributed by atoms with E-state index in [0.717, 1.165) is 29.1 Å². The van der Waals surface area contributed by atoms with E-state index < -0.39 is 21.5 Å². The molecule has 1 N–H and O–H groups in total. The number of carbonyl (C=O) groups is 1. The first-order chi connectivity index (χ1) is 13.1. The number of carbonyl (C=O) groups excluding carboxylic acids is 1. The van der Waals surface area contributed by atoms with E-state index in [1.54, 1.807) is 19.9 Å². The van der Waals surface area contributed by atoms with Gasteiger partial charge in [-0.2, -0.15) is 4.31 Å². The van der Waals surface area contributed by atoms with Crippen LogP contribution in [0.2, 0.25) is 10.0 Å². The molecule has 2 aromatic rings. The van der Waals surface area contributed by atoms with Gasteiger partial charge in [0.05, 0.1) is 15.6 Å². The van der Waals surface area contributed by atoms with Gasteiger partial charge in [-0.15, -0.1) is 0 Å². The van der Waals surface area contributed by atoms with Gasteiger partial charge in [0.15, 0.2) is 0 Å². The van der Waals surface area contributed by atoms with Crippen molar-refractivity contribution in [1.29, 1.82) is 0 Å². The molecule has 1 aliphatic rings. The van der Waals surface area contributed by atoms with Crippen LogP contribution in [0.4, 0.5) is 0 Å². The fourth-order valence-corrected chi connectivity index (χ4v) is 5.49. The fraction of sp³-hybridized carbons (Fsp3) is 0.333. The SMILES string of the molecule is Cc1cc(C)n(NC(=O)c2cc(S(=O)(=O)N3CCCC3)c(Cl)cc2Cl)c(=O)c1. The number of hydrogen-bond donors (Lipinski definition) is 1. The molecule has 10 heteroatoms. The molecule has 0 radical (unpaired) electrons. The standard InChI is InChI=1S/C18H19Cl2N3O4S/c1-11-7-12(2)23(17(24)8-11)21-18(25)13-9-16(15(20)10-14(13)19)28(26,27)22-5-3-4-6-22/h7-10H,3-6H2,1-2H3,(H,21,25). The Morgan fingerprint density at radius 3 is 2.29 bits per heavy atom. The Hall–Kier alpha value is -1.87. The van der Waals surface area contributed by atoms with E-state index in [0.29, 0.717) is 18.8 Å². The van der Waals surface area contributed by atoms with E-state index in [9.17, 15) is 18.0 Å². The summed E-state index contributed by atoms with van der Waals surface area (Å²) in [5, 5.41) is -0.0715. The number of nitrogens with zero attached hydrogens (tertiary/aromatic N) is 2. The number of amides is 1. The van der Waals surface area contributed by atoms with Crippen molar-refractivity contribution in [3.8, 4) is 0 Å². The van der Waals surface area contributed by atoms with Crippen LogP contribution in [0.1, 0.15) is 34.5 Å². The number of aromatic nitrogens is 1. The fourth-order valence-electron chi connectivity index (χ4n) is 3.14. The Kier molecular flexibility index (Phi) is 5.86. The average molecular weight is 444 g/mol. The van der Waals surface area contributed by atoms with Gasteiger partial charge in [0, 0.05) is 24.8 Å². The summed E-state index contributed by atoms with van der Waals surface area (Å²) in [5.74, 6) is -0.714. The van der Waals surface area contributed by atoms with E-state index in [2.05, 4.69) is 5.43 Å². The number of pyridine rings is 1. The van der Waals surface area contributed by atoms with E-state index in [1.807, 2.05) is 0 Å². The van der Waals surface area contributed by atoms with Gasteiger partial charge in [0.2, 0.25) is 10.0 Å². The van der Waals surface area contributed by atoms with Crippen LogP contribution in [0, 0.1) is 13.8 Å². The first-order valence-electron chi connectivity index (χ1n) is 8.62. The highest BCUT2D eigenvalue weighted by Gasteiger charge is 2.30. The molecule has 150 valence electrons. The van der Waals surface area contributed by atoms with Gasteiger partial charge < -0.3 is 0 Å². The molecule has 1 saturated heterocycles. The number of aryl methyl sites for hydroxylation is 2. The molecule has 0 unspecified atom stereocenters. The zero-order valence-electron chi connectivity index (χ0n) is 15.3. The Bertz CT molecular complexity index is 1110. The van der Waals surface area contributed by atoms with Gasteiger partial charge in [0.25, 0.3) is 11.5 Å². The first kappa shape index (κ1) is 20.9. The molecule has 0 saturated carbocycles. The molecular weight excluding hydrogens is 425 g/mol. The lowest BCUT2D eigenvalue weighted by Gasteiger charge is -2.18. The molecule has 1 aromatic carbocycles. The van der Waals surface area contributed by atoms with Crippen LogP contribution in [0.3, 0.4) is 0 Å². The molecule has 1 aromatic heterocycles. The minimum atomic E-state index is -3.84. The number of sulfonamides is 1. The normalized spacial score (nSPS) is 15.0. The smallest absolute Gasteiger partial charge is 0.267 e. The highest BCUT2D eigenvalue weighted by Crippen LogP contribution is 2.32. The van der Waals surface area contributed by atoms with Crippen molar-refractivity contribution < 1.29 is 13.2 Å². The van der Waals surface area contributed by atoms with Gasteiger partial charge in [-0.05, 0) is 50.5 Å². The van der Waals surface area contributed by atoms with Crippen LogP contribution in [0.5, 0.6) is 0 Å². The molecular formula is C18H19Cl2N3O4S.